The molecule has 0 aliphatic rings. The summed E-state index contributed by atoms with van der Waals surface area (Å²) in [4.78, 5) is 14.9. The van der Waals surface area contributed by atoms with Gasteiger partial charge in [0.25, 0.3) is 0 Å². The van der Waals surface area contributed by atoms with Gasteiger partial charge in [-0.15, -0.1) is 0 Å². The number of nitrogens with one attached hydrogen (secondary N) is 1. The number of carbonyl (C=O) groups is 1. The van der Waals surface area contributed by atoms with E-state index >= 15 is 0 Å². The van der Waals surface area contributed by atoms with E-state index in [2.05, 4.69) is 20.6 Å². The molecule has 3 N–H and O–H groups in total. The third-order valence-electron chi connectivity index (χ3n) is 2.62. The fourth-order valence-electron chi connectivity index (χ4n) is 1.75. The largest absolute Gasteiger partial charge is 0.352 e. The molecule has 1 unspecified atom stereocenters. The van der Waals surface area contributed by atoms with Crippen LogP contribution in [0.25, 0.3) is 0 Å². The van der Waals surface area contributed by atoms with Gasteiger partial charge in [0.15, 0.2) is 5.82 Å². The number of nitrogens with two attached hydrogens (primary N) is 1. The zero-order chi connectivity index (χ0) is 14.0. The highest BCUT2D eigenvalue weighted by molar-refractivity contribution is 5.71. The van der Waals surface area contributed by atoms with Crippen LogP contribution in [0, 0.1) is 13.8 Å². The maximum absolute atomic E-state index is 10.7. The average molecular weight is 264 g/mol. The molecule has 19 heavy (non-hydrogen) atoms. The molecule has 0 saturated heterocycles. The molecule has 0 aliphatic heterocycles. The molecule has 0 aliphatic carbocycles. The number of carbonyl (C=O) groups excluding carboxylic acids is 1. The minimum absolute atomic E-state index is 0.385. The molecule has 2 aromatic heterocycles. The number of nitrogens with zero attached hydrogens (tertiary/aromatic N) is 4. The minimum Gasteiger partial charge on any atom is -0.352 e. The first kappa shape index (κ1) is 13.1. The van der Waals surface area contributed by atoms with Gasteiger partial charge in [0.2, 0.25) is 5.89 Å². The van der Waals surface area contributed by atoms with Crippen molar-refractivity contribution in [3.05, 3.63) is 29.2 Å². The van der Waals surface area contributed by atoms with Crippen LogP contribution in [-0.2, 0) is 6.54 Å². The van der Waals surface area contributed by atoms with E-state index in [1.54, 1.807) is 11.6 Å². The van der Waals surface area contributed by atoms with Gasteiger partial charge < -0.3 is 15.6 Å². The van der Waals surface area contributed by atoms with E-state index in [-0.39, 0.29) is 0 Å². The number of urea groups is 1. The number of primary amides is 1. The molecule has 2 amide bonds. The van der Waals surface area contributed by atoms with Crippen LogP contribution in [0.4, 0.5) is 4.79 Å². The standard InChI is InChI=1S/C11H16N6O2/c1-6-4-7(2)17(15-6)5-9-14-10(16-19-9)8(3)13-11(12)18/h4,8H,5H2,1-3H3,(H3,12,13,18). The molecule has 8 heteroatoms. The Balaban J connectivity index is 2.09. The second kappa shape index (κ2) is 5.09. The Morgan fingerprint density at radius 1 is 1.58 bits per heavy atom. The topological polar surface area (TPSA) is 112 Å². The lowest BCUT2D eigenvalue weighted by Gasteiger charge is -2.05. The summed E-state index contributed by atoms with van der Waals surface area (Å²) in [5.41, 5.74) is 6.98. The molecular formula is C11H16N6O2. The Bertz CT molecular complexity index is 588. The lowest BCUT2D eigenvalue weighted by molar-refractivity contribution is 0.245. The smallest absolute Gasteiger partial charge is 0.312 e. The highest BCUT2D eigenvalue weighted by Crippen LogP contribution is 2.10. The summed E-state index contributed by atoms with van der Waals surface area (Å²) < 4.78 is 6.90. The monoisotopic (exact) mass is 264 g/mol. The minimum atomic E-state index is -0.627. The predicted octanol–water partition coefficient (Wildman–Crippen LogP) is 0.661. The molecule has 0 fully saturated rings. The number of aromatic nitrogens is 4. The summed E-state index contributed by atoms with van der Waals surface area (Å²) in [6.45, 7) is 5.99. The van der Waals surface area contributed by atoms with Gasteiger partial charge in [-0.05, 0) is 26.8 Å². The number of aryl methyl sites for hydroxylation is 2. The van der Waals surface area contributed by atoms with Crippen LogP contribution in [0.1, 0.15) is 36.1 Å². The lowest BCUT2D eigenvalue weighted by atomic mass is 10.3. The van der Waals surface area contributed by atoms with Gasteiger partial charge in [0.05, 0.1) is 11.7 Å². The summed E-state index contributed by atoms with van der Waals surface area (Å²) in [7, 11) is 0. The molecule has 2 heterocycles. The third kappa shape index (κ3) is 3.09. The van der Waals surface area contributed by atoms with E-state index < -0.39 is 12.1 Å². The summed E-state index contributed by atoms with van der Waals surface area (Å²) in [6.07, 6.45) is 0. The van der Waals surface area contributed by atoms with Crippen molar-refractivity contribution in [2.75, 3.05) is 0 Å². The summed E-state index contributed by atoms with van der Waals surface area (Å²) in [6, 6.07) is 0.946. The van der Waals surface area contributed by atoms with Crippen LogP contribution in [0.2, 0.25) is 0 Å². The van der Waals surface area contributed by atoms with Crippen LogP contribution in [0.15, 0.2) is 10.6 Å². The quantitative estimate of drug-likeness (QED) is 0.842. The van der Waals surface area contributed by atoms with Gasteiger partial charge in [0, 0.05) is 5.69 Å². The first-order valence-electron chi connectivity index (χ1n) is 5.85. The highest BCUT2D eigenvalue weighted by atomic mass is 16.5. The fourth-order valence-corrected chi connectivity index (χ4v) is 1.75. The average Bonchev–Trinajstić information content (AvgIpc) is 2.86. The van der Waals surface area contributed by atoms with E-state index in [1.165, 1.54) is 0 Å². The molecule has 0 radical (unpaired) electrons. The maximum Gasteiger partial charge on any atom is 0.312 e. The molecule has 2 rings (SSSR count). The highest BCUT2D eigenvalue weighted by Gasteiger charge is 2.15. The first-order chi connectivity index (χ1) is 8.95. The van der Waals surface area contributed by atoms with Crippen molar-refractivity contribution in [3.63, 3.8) is 0 Å². The molecule has 0 aromatic carbocycles. The Kier molecular flexibility index (Phi) is 3.50. The zero-order valence-corrected chi connectivity index (χ0v) is 11.0. The molecule has 0 saturated carbocycles. The van der Waals surface area contributed by atoms with E-state index in [9.17, 15) is 4.79 Å². The first-order valence-corrected chi connectivity index (χ1v) is 5.85. The van der Waals surface area contributed by atoms with E-state index in [0.717, 1.165) is 11.4 Å². The van der Waals surface area contributed by atoms with Crippen molar-refractivity contribution in [1.29, 1.82) is 0 Å². The van der Waals surface area contributed by atoms with Gasteiger partial charge in [-0.2, -0.15) is 10.1 Å². The summed E-state index contributed by atoms with van der Waals surface area (Å²) in [5.74, 6) is 0.814. The second-order valence-corrected chi connectivity index (χ2v) is 4.36. The summed E-state index contributed by atoms with van der Waals surface area (Å²) >= 11 is 0. The van der Waals surface area contributed by atoms with E-state index in [4.69, 9.17) is 10.3 Å². The third-order valence-corrected chi connectivity index (χ3v) is 2.62. The van der Waals surface area contributed by atoms with Crippen molar-refractivity contribution >= 4 is 6.03 Å². The molecule has 0 spiro atoms. The van der Waals surface area contributed by atoms with Gasteiger partial charge in [-0.1, -0.05) is 5.16 Å². The van der Waals surface area contributed by atoms with Crippen LogP contribution in [0.5, 0.6) is 0 Å². The number of rotatable bonds is 4. The second-order valence-electron chi connectivity index (χ2n) is 4.36. The van der Waals surface area contributed by atoms with Gasteiger partial charge in [-0.3, -0.25) is 4.68 Å². The van der Waals surface area contributed by atoms with Crippen LogP contribution in [0.3, 0.4) is 0 Å². The predicted molar refractivity (Wildman–Crippen MR) is 66.2 cm³/mol. The molecule has 8 nitrogen and oxygen atoms in total. The number of hydrogen-bond acceptors (Lipinski definition) is 5. The van der Waals surface area contributed by atoms with Crippen molar-refractivity contribution in [3.8, 4) is 0 Å². The van der Waals surface area contributed by atoms with Gasteiger partial charge in [-0.25, -0.2) is 4.79 Å². The Morgan fingerprint density at radius 2 is 2.32 bits per heavy atom. The molecule has 2 aromatic rings. The van der Waals surface area contributed by atoms with Crippen molar-refractivity contribution in [1.82, 2.24) is 25.2 Å². The molecular weight excluding hydrogens is 248 g/mol. The van der Waals surface area contributed by atoms with Gasteiger partial charge >= 0.3 is 6.03 Å². The SMILES string of the molecule is Cc1cc(C)n(Cc2nc(C(C)NC(N)=O)no2)n1. The summed E-state index contributed by atoms with van der Waals surface area (Å²) in [5, 5.41) is 10.6. The van der Waals surface area contributed by atoms with Crippen LogP contribution >= 0.6 is 0 Å². The van der Waals surface area contributed by atoms with Crippen LogP contribution in [-0.4, -0.2) is 26.0 Å². The van der Waals surface area contributed by atoms with Crippen molar-refractivity contribution in [2.24, 2.45) is 5.73 Å². The van der Waals surface area contributed by atoms with Gasteiger partial charge in [0.1, 0.15) is 6.54 Å². The Hall–Kier alpha value is -2.38. The Morgan fingerprint density at radius 3 is 2.89 bits per heavy atom. The maximum atomic E-state index is 10.7. The zero-order valence-electron chi connectivity index (χ0n) is 11.0. The van der Waals surface area contributed by atoms with E-state index in [1.807, 2.05) is 19.9 Å². The van der Waals surface area contributed by atoms with Crippen molar-refractivity contribution < 1.29 is 9.32 Å². The molecule has 1 atom stereocenters. The molecule has 0 bridgehead atoms. The fraction of sp³-hybridized carbons (Fsp3) is 0.455. The van der Waals surface area contributed by atoms with E-state index in [0.29, 0.717) is 18.3 Å². The molecule has 102 valence electrons. The number of hydrogen-bond donors (Lipinski definition) is 2. The normalized spacial score (nSPS) is 12.4. The van der Waals surface area contributed by atoms with Crippen LogP contribution < -0.4 is 11.1 Å². The lowest BCUT2D eigenvalue weighted by Crippen LogP contribution is -2.32. The Labute approximate surface area is 110 Å². The van der Waals surface area contributed by atoms with Crippen molar-refractivity contribution in [2.45, 2.75) is 33.4 Å². The number of amides is 2.